The third-order valence-electron chi connectivity index (χ3n) is 3.84. The first kappa shape index (κ1) is 16.9. The Labute approximate surface area is 156 Å². The van der Waals surface area contributed by atoms with Crippen LogP contribution in [0.15, 0.2) is 78.5 Å². The van der Waals surface area contributed by atoms with Gasteiger partial charge in [0.15, 0.2) is 5.65 Å². The summed E-state index contributed by atoms with van der Waals surface area (Å²) in [6.07, 6.45) is 3.08. The first-order chi connectivity index (χ1) is 13.1. The van der Waals surface area contributed by atoms with Crippen LogP contribution in [0.5, 0.6) is 0 Å². The maximum absolute atomic E-state index is 12.2. The molecule has 0 saturated carbocycles. The molecule has 0 amide bonds. The summed E-state index contributed by atoms with van der Waals surface area (Å²) in [5, 5.41) is 13.3. The molecule has 1 N–H and O–H groups in total. The van der Waals surface area contributed by atoms with Gasteiger partial charge in [-0.15, -0.1) is 10.2 Å². The molecular formula is C19H15N5O2S. The van der Waals surface area contributed by atoms with Gasteiger partial charge in [0.05, 0.1) is 11.1 Å². The topological polar surface area (TPSA) is 89.2 Å². The van der Waals surface area contributed by atoms with E-state index in [1.54, 1.807) is 34.9 Å². The lowest BCUT2D eigenvalue weighted by Crippen LogP contribution is -2.08. The number of nitrogens with one attached hydrogen (secondary N) is 1. The summed E-state index contributed by atoms with van der Waals surface area (Å²) in [6, 6.07) is 19.9. The maximum atomic E-state index is 12.2. The number of rotatable bonds is 5. The van der Waals surface area contributed by atoms with Gasteiger partial charge in [0.2, 0.25) is 0 Å². The number of anilines is 1. The fourth-order valence-corrected chi connectivity index (χ4v) is 3.39. The van der Waals surface area contributed by atoms with Crippen molar-refractivity contribution in [3.63, 3.8) is 0 Å². The first-order valence-corrected chi connectivity index (χ1v) is 9.67. The molecule has 4 rings (SSSR count). The van der Waals surface area contributed by atoms with Crippen LogP contribution in [0.1, 0.15) is 5.56 Å². The Morgan fingerprint density at radius 2 is 1.70 bits per heavy atom. The van der Waals surface area contributed by atoms with Crippen LogP contribution in [0.25, 0.3) is 23.0 Å². The third kappa shape index (κ3) is 4.01. The van der Waals surface area contributed by atoms with Crippen LogP contribution in [0.3, 0.4) is 0 Å². The number of benzene rings is 2. The average molecular weight is 377 g/mol. The highest BCUT2D eigenvalue weighted by Gasteiger charge is 2.07. The largest absolute Gasteiger partial charge is 0.280 e. The van der Waals surface area contributed by atoms with Crippen LogP contribution in [-0.4, -0.2) is 28.2 Å². The lowest BCUT2D eigenvalue weighted by atomic mass is 10.1. The van der Waals surface area contributed by atoms with Gasteiger partial charge in [0, 0.05) is 11.3 Å². The normalized spacial score (nSPS) is 11.9. The fourth-order valence-electron chi connectivity index (χ4n) is 2.52. The quantitative estimate of drug-likeness (QED) is 0.577. The summed E-state index contributed by atoms with van der Waals surface area (Å²) in [4.78, 5) is 0. The number of hydrogen-bond donors (Lipinski definition) is 1. The van der Waals surface area contributed by atoms with Crippen molar-refractivity contribution < 1.29 is 8.42 Å². The van der Waals surface area contributed by atoms with E-state index in [1.165, 1.54) is 6.33 Å². The number of sulfonamides is 1. The standard InChI is InChI=1S/C19H15N5O2S/c25-27(26,13-12-15-4-2-1-3-5-15)23-17-8-6-16(7-9-17)18-10-11-19-21-20-14-24(19)22-18/h1-14,23H/b13-12+. The van der Waals surface area contributed by atoms with Gasteiger partial charge >= 0.3 is 0 Å². The Balaban J connectivity index is 1.51. The van der Waals surface area contributed by atoms with Crippen molar-refractivity contribution in [3.8, 4) is 11.3 Å². The summed E-state index contributed by atoms with van der Waals surface area (Å²) >= 11 is 0. The lowest BCUT2D eigenvalue weighted by molar-refractivity contribution is 0.609. The van der Waals surface area contributed by atoms with Crippen molar-refractivity contribution >= 4 is 27.4 Å². The number of hydrogen-bond acceptors (Lipinski definition) is 5. The minimum atomic E-state index is -3.60. The molecule has 0 spiro atoms. The summed E-state index contributed by atoms with van der Waals surface area (Å²) < 4.78 is 28.6. The highest BCUT2D eigenvalue weighted by molar-refractivity contribution is 7.95. The predicted molar refractivity (Wildman–Crippen MR) is 104 cm³/mol. The Morgan fingerprint density at radius 3 is 2.48 bits per heavy atom. The molecule has 0 saturated heterocycles. The van der Waals surface area contributed by atoms with Crippen molar-refractivity contribution in [2.75, 3.05) is 4.72 Å². The molecule has 7 nitrogen and oxygen atoms in total. The van der Waals surface area contributed by atoms with E-state index in [4.69, 9.17) is 0 Å². The molecule has 0 atom stereocenters. The Bertz CT molecular complexity index is 1200. The van der Waals surface area contributed by atoms with Gasteiger partial charge in [-0.05, 0) is 35.9 Å². The van der Waals surface area contributed by atoms with Gasteiger partial charge < -0.3 is 0 Å². The Kier molecular flexibility index (Phi) is 4.39. The minimum Gasteiger partial charge on any atom is -0.280 e. The van der Waals surface area contributed by atoms with Gasteiger partial charge in [-0.3, -0.25) is 4.72 Å². The molecule has 2 heterocycles. The highest BCUT2D eigenvalue weighted by Crippen LogP contribution is 2.20. The molecule has 0 radical (unpaired) electrons. The number of nitrogens with zero attached hydrogens (tertiary/aromatic N) is 4. The molecule has 0 fully saturated rings. The summed E-state index contributed by atoms with van der Waals surface area (Å²) in [5.41, 5.74) is 3.54. The van der Waals surface area contributed by atoms with Crippen LogP contribution in [0.4, 0.5) is 5.69 Å². The zero-order valence-electron chi connectivity index (χ0n) is 14.1. The Morgan fingerprint density at radius 1 is 0.926 bits per heavy atom. The molecule has 0 aliphatic carbocycles. The predicted octanol–water partition coefficient (Wildman–Crippen LogP) is 3.20. The van der Waals surface area contributed by atoms with Crippen LogP contribution < -0.4 is 4.72 Å². The van der Waals surface area contributed by atoms with Crippen LogP contribution in [0, 0.1) is 0 Å². The Hall–Kier alpha value is -3.52. The van der Waals surface area contributed by atoms with E-state index >= 15 is 0 Å². The first-order valence-electron chi connectivity index (χ1n) is 8.13. The van der Waals surface area contributed by atoms with Crippen molar-refractivity contribution in [1.82, 2.24) is 19.8 Å². The zero-order chi connectivity index (χ0) is 18.7. The van der Waals surface area contributed by atoms with Crippen molar-refractivity contribution in [2.45, 2.75) is 0 Å². The fraction of sp³-hybridized carbons (Fsp3) is 0. The molecular weight excluding hydrogens is 362 g/mol. The molecule has 8 heteroatoms. The second-order valence-corrected chi connectivity index (χ2v) is 7.36. The molecule has 0 aliphatic heterocycles. The lowest BCUT2D eigenvalue weighted by Gasteiger charge is -2.06. The monoisotopic (exact) mass is 377 g/mol. The van der Waals surface area contributed by atoms with Crippen LogP contribution in [0.2, 0.25) is 0 Å². The van der Waals surface area contributed by atoms with Gasteiger partial charge in [-0.2, -0.15) is 9.61 Å². The molecule has 0 bridgehead atoms. The zero-order valence-corrected chi connectivity index (χ0v) is 14.9. The molecule has 27 heavy (non-hydrogen) atoms. The SMILES string of the molecule is O=S(=O)(/C=C/c1ccccc1)Nc1ccc(-c2ccc3nncn3n2)cc1. The summed E-state index contributed by atoms with van der Waals surface area (Å²) in [6.45, 7) is 0. The summed E-state index contributed by atoms with van der Waals surface area (Å²) in [7, 11) is -3.60. The molecule has 4 aromatic rings. The molecule has 2 aromatic carbocycles. The van der Waals surface area contributed by atoms with E-state index in [2.05, 4.69) is 20.0 Å². The van der Waals surface area contributed by atoms with Crippen LogP contribution in [-0.2, 0) is 10.0 Å². The van der Waals surface area contributed by atoms with E-state index < -0.39 is 10.0 Å². The number of aromatic nitrogens is 4. The maximum Gasteiger partial charge on any atom is 0.255 e. The second-order valence-electron chi connectivity index (χ2n) is 5.79. The van der Waals surface area contributed by atoms with Crippen molar-refractivity contribution in [1.29, 1.82) is 0 Å². The van der Waals surface area contributed by atoms with Gasteiger partial charge in [0.1, 0.15) is 6.33 Å². The van der Waals surface area contributed by atoms with E-state index in [9.17, 15) is 8.42 Å². The highest BCUT2D eigenvalue weighted by atomic mass is 32.2. The van der Waals surface area contributed by atoms with Gasteiger partial charge in [-0.25, -0.2) is 8.42 Å². The molecule has 0 aliphatic rings. The van der Waals surface area contributed by atoms with Crippen molar-refractivity contribution in [2.24, 2.45) is 0 Å². The van der Waals surface area contributed by atoms with Crippen LogP contribution >= 0.6 is 0 Å². The number of fused-ring (bicyclic) bond motifs is 1. The molecule has 134 valence electrons. The second kappa shape index (κ2) is 7.00. The van der Waals surface area contributed by atoms with Crippen molar-refractivity contribution in [3.05, 3.63) is 84.0 Å². The smallest absolute Gasteiger partial charge is 0.255 e. The van der Waals surface area contributed by atoms with E-state index in [0.717, 1.165) is 22.2 Å². The molecule has 0 unspecified atom stereocenters. The van der Waals surface area contributed by atoms with E-state index in [1.807, 2.05) is 42.5 Å². The third-order valence-corrected chi connectivity index (χ3v) is 4.86. The van der Waals surface area contributed by atoms with Gasteiger partial charge in [-0.1, -0.05) is 42.5 Å². The van der Waals surface area contributed by atoms with E-state index in [-0.39, 0.29) is 0 Å². The van der Waals surface area contributed by atoms with Gasteiger partial charge in [0.25, 0.3) is 10.0 Å². The van der Waals surface area contributed by atoms with E-state index in [0.29, 0.717) is 11.3 Å². The average Bonchev–Trinajstić information content (AvgIpc) is 3.15. The molecule has 2 aromatic heterocycles. The summed E-state index contributed by atoms with van der Waals surface area (Å²) in [5.74, 6) is 0. The minimum absolute atomic E-state index is 0.474.